The molecule has 1 aromatic carbocycles. The van der Waals surface area contributed by atoms with Crippen molar-refractivity contribution in [1.82, 2.24) is 5.32 Å². The smallest absolute Gasteiger partial charge is 0.123 e. The van der Waals surface area contributed by atoms with E-state index < -0.39 is 0 Å². The highest BCUT2D eigenvalue weighted by Gasteiger charge is 2.00. The van der Waals surface area contributed by atoms with Crippen LogP contribution in [0.3, 0.4) is 0 Å². The van der Waals surface area contributed by atoms with E-state index in [2.05, 4.69) is 5.32 Å². The summed E-state index contributed by atoms with van der Waals surface area (Å²) in [4.78, 5) is 0. The van der Waals surface area contributed by atoms with Crippen molar-refractivity contribution in [2.24, 2.45) is 0 Å². The molecule has 0 aliphatic rings. The van der Waals surface area contributed by atoms with Crippen LogP contribution in [0.5, 0.6) is 5.75 Å². The van der Waals surface area contributed by atoms with E-state index in [0.717, 1.165) is 23.5 Å². The van der Waals surface area contributed by atoms with E-state index >= 15 is 0 Å². The van der Waals surface area contributed by atoms with Crippen molar-refractivity contribution in [2.45, 2.75) is 6.54 Å². The summed E-state index contributed by atoms with van der Waals surface area (Å²) in [5.41, 5.74) is 7.48. The molecule has 0 aliphatic carbocycles. The van der Waals surface area contributed by atoms with Crippen LogP contribution in [-0.2, 0) is 6.54 Å². The number of ether oxygens (including phenoxy) is 1. The molecular formula is C9H14N2O. The Morgan fingerprint density at radius 2 is 2.25 bits per heavy atom. The minimum Gasteiger partial charge on any atom is -0.496 e. The number of nitrogens with two attached hydrogens (primary N) is 1. The molecule has 66 valence electrons. The van der Waals surface area contributed by atoms with Gasteiger partial charge in [-0.1, -0.05) is 0 Å². The van der Waals surface area contributed by atoms with Crippen molar-refractivity contribution < 1.29 is 4.74 Å². The van der Waals surface area contributed by atoms with Gasteiger partial charge in [0.05, 0.1) is 7.11 Å². The second-order valence-electron chi connectivity index (χ2n) is 2.60. The maximum absolute atomic E-state index is 5.63. The van der Waals surface area contributed by atoms with Gasteiger partial charge in [-0.3, -0.25) is 0 Å². The second-order valence-corrected chi connectivity index (χ2v) is 2.60. The molecule has 0 aromatic heterocycles. The molecule has 1 aromatic rings. The summed E-state index contributed by atoms with van der Waals surface area (Å²) in [5, 5.41) is 3.05. The zero-order valence-electron chi connectivity index (χ0n) is 7.42. The first-order valence-corrected chi connectivity index (χ1v) is 3.85. The number of nitrogen functional groups attached to an aromatic ring is 1. The SMILES string of the molecule is CNCc1cc(N)ccc1OC. The van der Waals surface area contributed by atoms with Crippen molar-refractivity contribution >= 4 is 5.69 Å². The van der Waals surface area contributed by atoms with E-state index in [1.807, 2.05) is 25.2 Å². The van der Waals surface area contributed by atoms with Gasteiger partial charge in [0.1, 0.15) is 5.75 Å². The molecule has 12 heavy (non-hydrogen) atoms. The minimum absolute atomic E-state index is 0.765. The summed E-state index contributed by atoms with van der Waals surface area (Å²) in [5.74, 6) is 0.874. The number of nitrogens with one attached hydrogen (secondary N) is 1. The van der Waals surface area contributed by atoms with Crippen LogP contribution in [0.1, 0.15) is 5.56 Å². The van der Waals surface area contributed by atoms with Gasteiger partial charge in [0.2, 0.25) is 0 Å². The maximum Gasteiger partial charge on any atom is 0.123 e. The van der Waals surface area contributed by atoms with Crippen molar-refractivity contribution in [3.63, 3.8) is 0 Å². The molecule has 0 bridgehead atoms. The Morgan fingerprint density at radius 1 is 1.50 bits per heavy atom. The molecule has 0 amide bonds. The number of benzene rings is 1. The third kappa shape index (κ3) is 1.89. The molecule has 0 atom stereocenters. The predicted molar refractivity (Wildman–Crippen MR) is 50.2 cm³/mol. The number of hydrogen-bond donors (Lipinski definition) is 2. The summed E-state index contributed by atoms with van der Waals surface area (Å²) in [7, 11) is 3.55. The number of anilines is 1. The third-order valence-corrected chi connectivity index (χ3v) is 1.67. The maximum atomic E-state index is 5.63. The predicted octanol–water partition coefficient (Wildman–Crippen LogP) is 0.997. The third-order valence-electron chi connectivity index (χ3n) is 1.67. The lowest BCUT2D eigenvalue weighted by atomic mass is 10.2. The van der Waals surface area contributed by atoms with Gasteiger partial charge in [0.25, 0.3) is 0 Å². The molecule has 1 rings (SSSR count). The molecule has 0 saturated heterocycles. The Morgan fingerprint density at radius 3 is 2.83 bits per heavy atom. The fraction of sp³-hybridized carbons (Fsp3) is 0.333. The van der Waals surface area contributed by atoms with E-state index in [4.69, 9.17) is 10.5 Å². The van der Waals surface area contributed by atoms with Crippen LogP contribution in [0.25, 0.3) is 0 Å². The lowest BCUT2D eigenvalue weighted by Gasteiger charge is -2.08. The van der Waals surface area contributed by atoms with E-state index in [-0.39, 0.29) is 0 Å². The largest absolute Gasteiger partial charge is 0.496 e. The number of hydrogen-bond acceptors (Lipinski definition) is 3. The molecule has 3 nitrogen and oxygen atoms in total. The monoisotopic (exact) mass is 166 g/mol. The first-order valence-electron chi connectivity index (χ1n) is 3.85. The standard InChI is InChI=1S/C9H14N2O/c1-11-6-7-5-8(10)3-4-9(7)12-2/h3-5,11H,6,10H2,1-2H3. The molecule has 3 heteroatoms. The molecule has 0 spiro atoms. The van der Waals surface area contributed by atoms with Crippen molar-refractivity contribution in [3.8, 4) is 5.75 Å². The molecule has 3 N–H and O–H groups in total. The molecule has 0 unspecified atom stereocenters. The van der Waals surface area contributed by atoms with Gasteiger partial charge in [-0.25, -0.2) is 0 Å². The highest BCUT2D eigenvalue weighted by atomic mass is 16.5. The Kier molecular flexibility index (Phi) is 2.94. The van der Waals surface area contributed by atoms with E-state index in [9.17, 15) is 0 Å². The summed E-state index contributed by atoms with van der Waals surface area (Å²) in [6.07, 6.45) is 0. The topological polar surface area (TPSA) is 47.3 Å². The summed E-state index contributed by atoms with van der Waals surface area (Å²) < 4.78 is 5.16. The normalized spacial score (nSPS) is 9.83. The Bertz CT molecular complexity index is 261. The molecule has 0 radical (unpaired) electrons. The Labute approximate surface area is 72.5 Å². The Balaban J connectivity index is 2.95. The summed E-state index contributed by atoms with van der Waals surface area (Å²) in [6, 6.07) is 5.62. The van der Waals surface area contributed by atoms with Gasteiger partial charge in [-0.2, -0.15) is 0 Å². The van der Waals surface area contributed by atoms with Crippen LogP contribution in [0, 0.1) is 0 Å². The number of methoxy groups -OCH3 is 1. The zero-order valence-corrected chi connectivity index (χ0v) is 7.42. The van der Waals surface area contributed by atoms with Crippen molar-refractivity contribution in [2.75, 3.05) is 19.9 Å². The highest BCUT2D eigenvalue weighted by Crippen LogP contribution is 2.20. The van der Waals surface area contributed by atoms with Crippen molar-refractivity contribution in [1.29, 1.82) is 0 Å². The van der Waals surface area contributed by atoms with Crippen molar-refractivity contribution in [3.05, 3.63) is 23.8 Å². The molecular weight excluding hydrogens is 152 g/mol. The second kappa shape index (κ2) is 3.97. The van der Waals surface area contributed by atoms with Gasteiger partial charge in [0, 0.05) is 17.8 Å². The van der Waals surface area contributed by atoms with Gasteiger partial charge in [0.15, 0.2) is 0 Å². The van der Waals surface area contributed by atoms with Crippen LogP contribution >= 0.6 is 0 Å². The summed E-state index contributed by atoms with van der Waals surface area (Å²) in [6.45, 7) is 0.772. The fourth-order valence-corrected chi connectivity index (χ4v) is 1.13. The number of rotatable bonds is 3. The summed E-state index contributed by atoms with van der Waals surface area (Å²) >= 11 is 0. The molecule has 0 heterocycles. The van der Waals surface area contributed by atoms with Crippen LogP contribution in [-0.4, -0.2) is 14.2 Å². The molecule has 0 saturated carbocycles. The highest BCUT2D eigenvalue weighted by molar-refractivity contribution is 5.47. The first-order chi connectivity index (χ1) is 5.77. The van der Waals surface area contributed by atoms with Crippen LogP contribution in [0.4, 0.5) is 5.69 Å². The van der Waals surface area contributed by atoms with E-state index in [0.29, 0.717) is 0 Å². The lowest BCUT2D eigenvalue weighted by Crippen LogP contribution is -2.07. The van der Waals surface area contributed by atoms with Crippen LogP contribution in [0.15, 0.2) is 18.2 Å². The van der Waals surface area contributed by atoms with Crippen LogP contribution < -0.4 is 15.8 Å². The van der Waals surface area contributed by atoms with Gasteiger partial charge in [-0.05, 0) is 25.2 Å². The van der Waals surface area contributed by atoms with Gasteiger partial charge >= 0.3 is 0 Å². The first kappa shape index (κ1) is 8.87. The molecule has 0 aliphatic heterocycles. The lowest BCUT2D eigenvalue weighted by molar-refractivity contribution is 0.408. The van der Waals surface area contributed by atoms with E-state index in [1.54, 1.807) is 7.11 Å². The van der Waals surface area contributed by atoms with Gasteiger partial charge < -0.3 is 15.8 Å². The minimum atomic E-state index is 0.765. The average Bonchev–Trinajstić information content (AvgIpc) is 2.05. The Hall–Kier alpha value is -1.22. The average molecular weight is 166 g/mol. The molecule has 0 fully saturated rings. The van der Waals surface area contributed by atoms with Crippen LogP contribution in [0.2, 0.25) is 0 Å². The van der Waals surface area contributed by atoms with Gasteiger partial charge in [-0.15, -0.1) is 0 Å². The zero-order chi connectivity index (χ0) is 8.97. The van der Waals surface area contributed by atoms with E-state index in [1.165, 1.54) is 0 Å². The fourth-order valence-electron chi connectivity index (χ4n) is 1.13. The quantitative estimate of drug-likeness (QED) is 0.658.